The summed E-state index contributed by atoms with van der Waals surface area (Å²) in [6, 6.07) is 23.7. The number of aromatic amines is 1. The van der Waals surface area contributed by atoms with E-state index in [-0.39, 0.29) is 18.2 Å². The van der Waals surface area contributed by atoms with E-state index < -0.39 is 6.04 Å². The zero-order valence-corrected chi connectivity index (χ0v) is 20.6. The monoisotopic (exact) mass is 498 g/mol. The topological polar surface area (TPSA) is 77.7 Å². The molecule has 2 heterocycles. The second-order valence-electron chi connectivity index (χ2n) is 8.59. The molecule has 3 aromatic carbocycles. The molecule has 0 aliphatic carbocycles. The molecule has 7 nitrogen and oxygen atoms in total. The van der Waals surface area contributed by atoms with Gasteiger partial charge in [-0.1, -0.05) is 36.4 Å². The van der Waals surface area contributed by atoms with E-state index in [4.69, 9.17) is 17.0 Å². The maximum Gasteiger partial charge on any atom is 0.256 e. The number of carbonyl (C=O) groups excluding carboxylic acids is 2. The van der Waals surface area contributed by atoms with E-state index in [0.717, 1.165) is 22.2 Å². The molecule has 1 aromatic heterocycles. The molecule has 8 heteroatoms. The van der Waals surface area contributed by atoms with E-state index in [0.29, 0.717) is 29.5 Å². The first-order valence-corrected chi connectivity index (χ1v) is 12.1. The summed E-state index contributed by atoms with van der Waals surface area (Å²) in [6.45, 7) is 0.487. The third-order valence-electron chi connectivity index (χ3n) is 6.37. The number of benzene rings is 3. The SMILES string of the molecule is COc1ccc2[nH]cc(CCN3C(=S)N(c4ccccc4)C(=O)C3CC(=O)Nc3ccccc3)c2c1. The van der Waals surface area contributed by atoms with Gasteiger partial charge in [0.05, 0.1) is 19.2 Å². The van der Waals surface area contributed by atoms with Crippen molar-refractivity contribution in [2.24, 2.45) is 0 Å². The Labute approximate surface area is 214 Å². The number of methoxy groups -OCH3 is 1. The van der Waals surface area contributed by atoms with E-state index >= 15 is 0 Å². The first-order chi connectivity index (χ1) is 17.5. The number of aromatic nitrogens is 1. The molecule has 1 atom stereocenters. The van der Waals surface area contributed by atoms with Crippen molar-refractivity contribution in [3.63, 3.8) is 0 Å². The predicted molar refractivity (Wildman–Crippen MR) is 145 cm³/mol. The van der Waals surface area contributed by atoms with Gasteiger partial charge in [0.2, 0.25) is 5.91 Å². The number of amides is 2. The minimum Gasteiger partial charge on any atom is -0.497 e. The van der Waals surface area contributed by atoms with Crippen LogP contribution in [0.5, 0.6) is 5.75 Å². The molecular weight excluding hydrogens is 472 g/mol. The smallest absolute Gasteiger partial charge is 0.256 e. The molecule has 5 rings (SSSR count). The zero-order valence-electron chi connectivity index (χ0n) is 19.8. The van der Waals surface area contributed by atoms with Gasteiger partial charge in [0.15, 0.2) is 5.11 Å². The second-order valence-corrected chi connectivity index (χ2v) is 8.96. The van der Waals surface area contributed by atoms with Crippen molar-refractivity contribution in [1.29, 1.82) is 0 Å². The van der Waals surface area contributed by atoms with Crippen LogP contribution in [0.4, 0.5) is 11.4 Å². The first-order valence-electron chi connectivity index (χ1n) is 11.7. The van der Waals surface area contributed by atoms with Crippen LogP contribution in [0.3, 0.4) is 0 Å². The number of H-pyrrole nitrogens is 1. The van der Waals surface area contributed by atoms with Crippen molar-refractivity contribution < 1.29 is 14.3 Å². The van der Waals surface area contributed by atoms with Gasteiger partial charge in [-0.2, -0.15) is 0 Å². The van der Waals surface area contributed by atoms with Gasteiger partial charge in [0.25, 0.3) is 5.91 Å². The number of ether oxygens (including phenoxy) is 1. The van der Waals surface area contributed by atoms with Crippen LogP contribution in [0.15, 0.2) is 85.1 Å². The highest BCUT2D eigenvalue weighted by atomic mass is 32.1. The molecule has 1 aliphatic heterocycles. The summed E-state index contributed by atoms with van der Waals surface area (Å²) in [5.74, 6) is 0.343. The molecular formula is C28H26N4O3S. The van der Waals surface area contributed by atoms with Crippen molar-refractivity contribution in [1.82, 2.24) is 9.88 Å². The fraction of sp³-hybridized carbons (Fsp3) is 0.179. The van der Waals surface area contributed by atoms with Gasteiger partial charge >= 0.3 is 0 Å². The number of nitrogens with zero attached hydrogens (tertiary/aromatic N) is 2. The van der Waals surface area contributed by atoms with Gasteiger partial charge in [-0.3, -0.25) is 14.5 Å². The number of para-hydroxylation sites is 2. The van der Waals surface area contributed by atoms with Crippen LogP contribution < -0.4 is 15.0 Å². The van der Waals surface area contributed by atoms with E-state index in [1.807, 2.05) is 90.0 Å². The lowest BCUT2D eigenvalue weighted by Crippen LogP contribution is -2.39. The van der Waals surface area contributed by atoms with Crippen molar-refractivity contribution in [2.75, 3.05) is 23.9 Å². The minimum absolute atomic E-state index is 0.00108. The summed E-state index contributed by atoms with van der Waals surface area (Å²) < 4.78 is 5.39. The molecule has 1 aliphatic rings. The van der Waals surface area contributed by atoms with Gasteiger partial charge in [-0.15, -0.1) is 0 Å². The highest BCUT2D eigenvalue weighted by Gasteiger charge is 2.43. The largest absolute Gasteiger partial charge is 0.497 e. The van der Waals surface area contributed by atoms with Crippen LogP contribution in [-0.4, -0.2) is 46.5 Å². The van der Waals surface area contributed by atoms with Gasteiger partial charge in [0, 0.05) is 29.3 Å². The Hall–Kier alpha value is -4.17. The Bertz CT molecular complexity index is 1400. The number of thiocarbonyl (C=S) groups is 1. The summed E-state index contributed by atoms with van der Waals surface area (Å²) in [5, 5.41) is 4.35. The number of rotatable bonds is 8. The fourth-order valence-electron chi connectivity index (χ4n) is 4.54. The highest BCUT2D eigenvalue weighted by Crippen LogP contribution is 2.29. The fourth-order valence-corrected chi connectivity index (χ4v) is 4.96. The summed E-state index contributed by atoms with van der Waals surface area (Å²) in [5.41, 5.74) is 3.48. The first kappa shape index (κ1) is 23.6. The molecule has 1 fully saturated rings. The van der Waals surface area contributed by atoms with E-state index in [1.54, 1.807) is 7.11 Å². The van der Waals surface area contributed by atoms with Crippen molar-refractivity contribution >= 4 is 51.4 Å². The number of nitrogens with one attached hydrogen (secondary N) is 2. The van der Waals surface area contributed by atoms with Crippen LogP contribution in [0.2, 0.25) is 0 Å². The molecule has 2 N–H and O–H groups in total. The standard InChI is InChI=1S/C28H26N4O3S/c1-35-22-12-13-24-23(16-22)19(18-29-24)14-15-31-25(17-26(33)30-20-8-4-2-5-9-20)27(34)32(28(31)36)21-10-6-3-7-11-21/h2-13,16,18,25,29H,14-15,17H2,1H3,(H,30,33). The highest BCUT2D eigenvalue weighted by molar-refractivity contribution is 7.80. The quantitative estimate of drug-likeness (QED) is 0.343. The molecule has 1 saturated heterocycles. The number of fused-ring (bicyclic) bond motifs is 1. The Kier molecular flexibility index (Phi) is 6.69. The average Bonchev–Trinajstić information content (AvgIpc) is 3.41. The van der Waals surface area contributed by atoms with Gasteiger partial charge in [0.1, 0.15) is 11.8 Å². The Balaban J connectivity index is 1.39. The number of anilines is 2. The predicted octanol–water partition coefficient (Wildman–Crippen LogP) is 4.75. The number of hydrogen-bond acceptors (Lipinski definition) is 4. The third kappa shape index (κ3) is 4.67. The van der Waals surface area contributed by atoms with Gasteiger partial charge in [-0.05, 0) is 66.7 Å². The molecule has 36 heavy (non-hydrogen) atoms. The Morgan fingerprint density at radius 2 is 1.78 bits per heavy atom. The molecule has 182 valence electrons. The molecule has 2 amide bonds. The summed E-state index contributed by atoms with van der Waals surface area (Å²) >= 11 is 5.78. The molecule has 0 radical (unpaired) electrons. The van der Waals surface area contributed by atoms with E-state index in [1.165, 1.54) is 4.90 Å². The third-order valence-corrected chi connectivity index (χ3v) is 6.78. The molecule has 0 saturated carbocycles. The average molecular weight is 499 g/mol. The van der Waals surface area contributed by atoms with Crippen LogP contribution in [0, 0.1) is 0 Å². The molecule has 4 aromatic rings. The number of hydrogen-bond donors (Lipinski definition) is 2. The van der Waals surface area contributed by atoms with Crippen LogP contribution in [-0.2, 0) is 16.0 Å². The minimum atomic E-state index is -0.693. The lowest BCUT2D eigenvalue weighted by Gasteiger charge is -2.24. The summed E-state index contributed by atoms with van der Waals surface area (Å²) in [4.78, 5) is 33.2. The molecule has 0 spiro atoms. The zero-order chi connectivity index (χ0) is 25.1. The lowest BCUT2D eigenvalue weighted by molar-refractivity contribution is -0.124. The maximum absolute atomic E-state index is 13.6. The maximum atomic E-state index is 13.6. The van der Waals surface area contributed by atoms with Crippen molar-refractivity contribution in [2.45, 2.75) is 18.9 Å². The molecule has 1 unspecified atom stereocenters. The second kappa shape index (κ2) is 10.2. The van der Waals surface area contributed by atoms with E-state index in [2.05, 4.69) is 10.3 Å². The van der Waals surface area contributed by atoms with Crippen LogP contribution >= 0.6 is 12.2 Å². The lowest BCUT2D eigenvalue weighted by atomic mass is 10.1. The van der Waals surface area contributed by atoms with Gasteiger partial charge < -0.3 is 19.9 Å². The van der Waals surface area contributed by atoms with Crippen LogP contribution in [0.1, 0.15) is 12.0 Å². The van der Waals surface area contributed by atoms with Crippen LogP contribution in [0.25, 0.3) is 10.9 Å². The van der Waals surface area contributed by atoms with E-state index in [9.17, 15) is 9.59 Å². The summed E-state index contributed by atoms with van der Waals surface area (Å²) in [6.07, 6.45) is 2.61. The normalized spacial score (nSPS) is 15.5. The number of carbonyl (C=O) groups is 2. The van der Waals surface area contributed by atoms with Gasteiger partial charge in [-0.25, -0.2) is 0 Å². The Morgan fingerprint density at radius 3 is 2.50 bits per heavy atom. The Morgan fingerprint density at radius 1 is 1.06 bits per heavy atom. The molecule has 0 bridgehead atoms. The van der Waals surface area contributed by atoms with Crippen molar-refractivity contribution in [3.8, 4) is 5.75 Å². The van der Waals surface area contributed by atoms with Crippen molar-refractivity contribution in [3.05, 3.63) is 90.6 Å². The summed E-state index contributed by atoms with van der Waals surface area (Å²) in [7, 11) is 1.64.